The fraction of sp³-hybridized carbons (Fsp3) is 0.500. The summed E-state index contributed by atoms with van der Waals surface area (Å²) in [6, 6.07) is 1.82. The average molecular weight is 406 g/mol. The molecule has 1 saturated heterocycles. The third-order valence-corrected chi connectivity index (χ3v) is 6.05. The fourth-order valence-electron chi connectivity index (χ4n) is 2.61. The van der Waals surface area contributed by atoms with Crippen molar-refractivity contribution in [2.75, 3.05) is 16.8 Å². The molecular formula is C16H21ClFN3O4S. The molecule has 0 radical (unpaired) electrons. The Bertz CT molecular complexity index is 801. The average Bonchev–Trinajstić information content (AvgIpc) is 2.86. The lowest BCUT2D eigenvalue weighted by molar-refractivity contribution is -0.118. The van der Waals surface area contributed by atoms with E-state index in [2.05, 4.69) is 16.0 Å². The monoisotopic (exact) mass is 405 g/mol. The number of carbonyl (C=O) groups is 2. The second kappa shape index (κ2) is 8.22. The van der Waals surface area contributed by atoms with Gasteiger partial charge in [-0.1, -0.05) is 25.4 Å². The zero-order valence-corrected chi connectivity index (χ0v) is 16.0. The van der Waals surface area contributed by atoms with Gasteiger partial charge in [0.1, 0.15) is 11.9 Å². The Morgan fingerprint density at radius 3 is 2.54 bits per heavy atom. The summed E-state index contributed by atoms with van der Waals surface area (Å²) >= 11 is 5.69. The summed E-state index contributed by atoms with van der Waals surface area (Å²) in [6.45, 7) is 3.50. The number of nitrogens with one attached hydrogen (secondary N) is 3. The number of hydrogen-bond acceptors (Lipinski definition) is 4. The van der Waals surface area contributed by atoms with Gasteiger partial charge in [-0.15, -0.1) is 0 Å². The summed E-state index contributed by atoms with van der Waals surface area (Å²) < 4.78 is 36.1. The van der Waals surface area contributed by atoms with Gasteiger partial charge in [-0.25, -0.2) is 17.6 Å². The van der Waals surface area contributed by atoms with Crippen LogP contribution < -0.4 is 16.0 Å². The first-order valence-electron chi connectivity index (χ1n) is 8.11. The number of carbonyl (C=O) groups excluding carboxylic acids is 2. The van der Waals surface area contributed by atoms with Gasteiger partial charge >= 0.3 is 6.03 Å². The molecule has 1 aromatic rings. The van der Waals surface area contributed by atoms with Crippen molar-refractivity contribution >= 4 is 39.1 Å². The van der Waals surface area contributed by atoms with Crippen molar-refractivity contribution in [3.63, 3.8) is 0 Å². The van der Waals surface area contributed by atoms with E-state index in [0.29, 0.717) is 12.1 Å². The van der Waals surface area contributed by atoms with E-state index in [0.717, 1.165) is 6.07 Å². The van der Waals surface area contributed by atoms with Crippen molar-refractivity contribution in [3.8, 4) is 0 Å². The molecule has 0 saturated carbocycles. The molecule has 1 aliphatic heterocycles. The minimum Gasteiger partial charge on any atom is -0.334 e. The predicted octanol–water partition coefficient (Wildman–Crippen LogP) is 1.93. The van der Waals surface area contributed by atoms with E-state index in [1.807, 2.05) is 0 Å². The molecule has 7 nitrogen and oxygen atoms in total. The minimum atomic E-state index is -3.12. The maximum Gasteiger partial charge on any atom is 0.315 e. The van der Waals surface area contributed by atoms with Crippen LogP contribution in [-0.2, 0) is 14.6 Å². The number of hydrogen-bond donors (Lipinski definition) is 3. The Morgan fingerprint density at radius 1 is 1.31 bits per heavy atom. The topological polar surface area (TPSA) is 104 Å². The maximum absolute atomic E-state index is 13.2. The highest BCUT2D eigenvalue weighted by atomic mass is 35.5. The summed E-state index contributed by atoms with van der Waals surface area (Å²) in [7, 11) is -3.12. The lowest BCUT2D eigenvalue weighted by Crippen LogP contribution is -2.52. The minimum absolute atomic E-state index is 0.0391. The van der Waals surface area contributed by atoms with Crippen LogP contribution in [0, 0.1) is 11.7 Å². The summed E-state index contributed by atoms with van der Waals surface area (Å²) in [5, 5.41) is 7.58. The van der Waals surface area contributed by atoms with E-state index in [9.17, 15) is 22.4 Å². The van der Waals surface area contributed by atoms with Gasteiger partial charge in [0.15, 0.2) is 9.84 Å². The van der Waals surface area contributed by atoms with Gasteiger partial charge in [-0.3, -0.25) is 4.79 Å². The summed E-state index contributed by atoms with van der Waals surface area (Å²) in [5.41, 5.74) is 0.302. The lowest BCUT2D eigenvalue weighted by Gasteiger charge is -2.23. The second-order valence-electron chi connectivity index (χ2n) is 6.56. The molecule has 0 spiro atoms. The summed E-state index contributed by atoms with van der Waals surface area (Å²) in [6.07, 6.45) is 0.350. The fourth-order valence-corrected chi connectivity index (χ4v) is 4.46. The zero-order valence-electron chi connectivity index (χ0n) is 14.4. The molecule has 3 N–H and O–H groups in total. The predicted molar refractivity (Wildman–Crippen MR) is 97.4 cm³/mol. The molecule has 0 bridgehead atoms. The molecule has 0 aromatic heterocycles. The van der Waals surface area contributed by atoms with Crippen LogP contribution in [0.4, 0.5) is 14.9 Å². The number of halogens is 2. The molecule has 1 fully saturated rings. The first-order valence-corrected chi connectivity index (χ1v) is 10.3. The van der Waals surface area contributed by atoms with Crippen molar-refractivity contribution in [2.45, 2.75) is 32.4 Å². The highest BCUT2D eigenvalue weighted by Crippen LogP contribution is 2.20. The molecular weight excluding hydrogens is 385 g/mol. The van der Waals surface area contributed by atoms with E-state index < -0.39 is 39.7 Å². The Balaban J connectivity index is 1.97. The lowest BCUT2D eigenvalue weighted by atomic mass is 10.0. The zero-order chi connectivity index (χ0) is 19.5. The van der Waals surface area contributed by atoms with E-state index in [4.69, 9.17) is 11.6 Å². The molecule has 1 heterocycles. The molecule has 10 heteroatoms. The van der Waals surface area contributed by atoms with Crippen LogP contribution in [-0.4, -0.2) is 43.9 Å². The number of amides is 3. The van der Waals surface area contributed by atoms with Crippen molar-refractivity contribution in [3.05, 3.63) is 29.0 Å². The van der Waals surface area contributed by atoms with E-state index >= 15 is 0 Å². The van der Waals surface area contributed by atoms with Gasteiger partial charge in [0.2, 0.25) is 5.91 Å². The molecule has 1 aromatic carbocycles. The Morgan fingerprint density at radius 2 is 2.00 bits per heavy atom. The Kier molecular flexibility index (Phi) is 6.46. The van der Waals surface area contributed by atoms with Crippen LogP contribution in [0.3, 0.4) is 0 Å². The van der Waals surface area contributed by atoms with Crippen molar-refractivity contribution < 1.29 is 22.4 Å². The van der Waals surface area contributed by atoms with E-state index in [1.54, 1.807) is 13.8 Å². The van der Waals surface area contributed by atoms with Crippen LogP contribution in [0.5, 0.6) is 0 Å². The van der Waals surface area contributed by atoms with Gasteiger partial charge in [-0.05, 0) is 30.5 Å². The van der Waals surface area contributed by atoms with Crippen molar-refractivity contribution in [2.24, 2.45) is 5.92 Å². The normalized spacial score (nSPS) is 19.8. The molecule has 26 heavy (non-hydrogen) atoms. The molecule has 144 valence electrons. The molecule has 0 unspecified atom stereocenters. The Labute approximate surface area is 156 Å². The van der Waals surface area contributed by atoms with Crippen LogP contribution in [0.1, 0.15) is 20.3 Å². The van der Waals surface area contributed by atoms with Gasteiger partial charge in [0, 0.05) is 11.7 Å². The maximum atomic E-state index is 13.2. The summed E-state index contributed by atoms with van der Waals surface area (Å²) in [5.74, 6) is -1.39. The Hall–Kier alpha value is -1.87. The highest BCUT2D eigenvalue weighted by Gasteiger charge is 2.30. The SMILES string of the molecule is CC(C)[C@H](NC(=O)N[C@H]1CCS(=O)(=O)C1)C(=O)Nc1ccc(F)c(Cl)c1. The quantitative estimate of drug-likeness (QED) is 0.696. The third-order valence-electron chi connectivity index (χ3n) is 3.99. The van der Waals surface area contributed by atoms with Gasteiger partial charge in [0.05, 0.1) is 16.5 Å². The second-order valence-corrected chi connectivity index (χ2v) is 9.19. The molecule has 3 amide bonds. The number of rotatable bonds is 5. The highest BCUT2D eigenvalue weighted by molar-refractivity contribution is 7.91. The number of urea groups is 1. The molecule has 2 rings (SSSR count). The van der Waals surface area contributed by atoms with Crippen molar-refractivity contribution in [1.82, 2.24) is 10.6 Å². The van der Waals surface area contributed by atoms with E-state index in [1.165, 1.54) is 12.1 Å². The molecule has 0 aliphatic carbocycles. The largest absolute Gasteiger partial charge is 0.334 e. The number of sulfone groups is 1. The van der Waals surface area contributed by atoms with Crippen LogP contribution in [0.25, 0.3) is 0 Å². The van der Waals surface area contributed by atoms with Crippen LogP contribution in [0.15, 0.2) is 18.2 Å². The van der Waals surface area contributed by atoms with Gasteiger partial charge in [0.25, 0.3) is 0 Å². The summed E-state index contributed by atoms with van der Waals surface area (Å²) in [4.78, 5) is 24.6. The smallest absolute Gasteiger partial charge is 0.315 e. The third kappa shape index (κ3) is 5.57. The number of anilines is 1. The standard InChI is InChI=1S/C16H21ClFN3O4S/c1-9(2)14(15(22)19-10-3-4-13(18)12(17)7-10)21-16(23)20-11-5-6-26(24,25)8-11/h3-4,7,9,11,14H,5-6,8H2,1-2H3,(H,19,22)(H2,20,21,23)/t11-,14-/m0/s1. The molecule has 2 atom stereocenters. The molecule has 1 aliphatic rings. The van der Waals surface area contributed by atoms with Crippen LogP contribution in [0.2, 0.25) is 5.02 Å². The van der Waals surface area contributed by atoms with Crippen molar-refractivity contribution in [1.29, 1.82) is 0 Å². The first kappa shape index (κ1) is 20.4. The van der Waals surface area contributed by atoms with Gasteiger partial charge < -0.3 is 16.0 Å². The van der Waals surface area contributed by atoms with Crippen LogP contribution >= 0.6 is 11.6 Å². The first-order chi connectivity index (χ1) is 12.1. The van der Waals surface area contributed by atoms with E-state index in [-0.39, 0.29) is 22.4 Å². The van der Waals surface area contributed by atoms with Gasteiger partial charge in [-0.2, -0.15) is 0 Å². The number of benzene rings is 1.